The molecule has 0 saturated carbocycles. The Labute approximate surface area is 184 Å². The molecule has 2 aromatic carbocycles. The van der Waals surface area contributed by atoms with E-state index in [9.17, 15) is 14.0 Å². The molecule has 0 fully saturated rings. The first-order valence-electron chi connectivity index (χ1n) is 10.4. The average Bonchev–Trinajstić information content (AvgIpc) is 3.34. The number of hydrogen-bond acceptors (Lipinski definition) is 3. The average molecular weight is 438 g/mol. The summed E-state index contributed by atoms with van der Waals surface area (Å²) in [5.74, 6) is -1.30. The molecule has 1 aliphatic carbocycles. The molecule has 3 aromatic rings. The van der Waals surface area contributed by atoms with Gasteiger partial charge in [-0.25, -0.2) is 9.18 Å². The van der Waals surface area contributed by atoms with Crippen molar-refractivity contribution in [1.82, 2.24) is 5.32 Å². The number of benzene rings is 2. The lowest BCUT2D eigenvalue weighted by Crippen LogP contribution is -2.28. The van der Waals surface area contributed by atoms with Gasteiger partial charge in [0.15, 0.2) is 0 Å². The third kappa shape index (κ3) is 4.69. The van der Waals surface area contributed by atoms with E-state index in [4.69, 9.17) is 5.11 Å². The molecule has 2 N–H and O–H groups in total. The van der Waals surface area contributed by atoms with Crippen LogP contribution in [0.3, 0.4) is 0 Å². The zero-order valence-electron chi connectivity index (χ0n) is 17.3. The van der Waals surface area contributed by atoms with E-state index >= 15 is 0 Å². The van der Waals surface area contributed by atoms with E-state index in [-0.39, 0.29) is 23.3 Å². The van der Waals surface area contributed by atoms with Crippen LogP contribution < -0.4 is 5.32 Å². The number of aryl methyl sites for hydroxylation is 3. The number of halogens is 1. The summed E-state index contributed by atoms with van der Waals surface area (Å²) in [5.41, 5.74) is 4.10. The topological polar surface area (TPSA) is 66.4 Å². The van der Waals surface area contributed by atoms with E-state index in [1.54, 1.807) is 47.7 Å². The maximum atomic E-state index is 13.3. The number of aromatic carboxylic acids is 1. The highest BCUT2D eigenvalue weighted by atomic mass is 32.1. The van der Waals surface area contributed by atoms with Crippen molar-refractivity contribution in [3.8, 4) is 0 Å². The second-order valence-corrected chi connectivity index (χ2v) is 9.09. The summed E-state index contributed by atoms with van der Waals surface area (Å²) in [5, 5.41) is 12.2. The van der Waals surface area contributed by atoms with Crippen molar-refractivity contribution < 1.29 is 19.1 Å². The van der Waals surface area contributed by atoms with E-state index in [2.05, 4.69) is 5.32 Å². The van der Waals surface area contributed by atoms with Gasteiger partial charge < -0.3 is 10.4 Å². The van der Waals surface area contributed by atoms with Gasteiger partial charge in [0.25, 0.3) is 5.91 Å². The molecule has 0 saturated heterocycles. The quantitative estimate of drug-likeness (QED) is 0.524. The molecule has 1 heterocycles. The smallest absolute Gasteiger partial charge is 0.335 e. The molecule has 0 radical (unpaired) electrons. The van der Waals surface area contributed by atoms with Gasteiger partial charge in [-0.05, 0) is 80.0 Å². The number of rotatable bonds is 7. The molecule has 0 aliphatic heterocycles. The number of carbonyl (C=O) groups is 2. The van der Waals surface area contributed by atoms with Crippen LogP contribution in [0, 0.1) is 5.82 Å². The molecule has 1 atom stereocenters. The molecule has 0 unspecified atom stereocenters. The van der Waals surface area contributed by atoms with Gasteiger partial charge in [0.1, 0.15) is 5.82 Å². The van der Waals surface area contributed by atoms with Crippen LogP contribution in [0.15, 0.2) is 48.5 Å². The fraction of sp³-hybridized carbons (Fsp3) is 0.280. The standard InChI is InChI=1S/C25H24FNO3S/c1-15(17-8-10-18(11-9-17)25(29)30)27-24(28)23-20-3-2-4-21(20)31-22(23)14-7-16-5-12-19(26)13-6-16/h5-6,8-13,15H,2-4,7,14H2,1H3,(H,27,28)(H,29,30)/t15-/m0/s1. The van der Waals surface area contributed by atoms with Gasteiger partial charge in [-0.2, -0.15) is 0 Å². The Balaban J connectivity index is 1.51. The van der Waals surface area contributed by atoms with Crippen molar-refractivity contribution in [2.75, 3.05) is 0 Å². The fourth-order valence-corrected chi connectivity index (χ4v) is 5.47. The van der Waals surface area contributed by atoms with Gasteiger partial charge in [-0.15, -0.1) is 11.3 Å². The van der Waals surface area contributed by atoms with E-state index in [1.165, 1.54) is 22.6 Å². The van der Waals surface area contributed by atoms with E-state index in [0.717, 1.165) is 53.7 Å². The minimum atomic E-state index is -0.970. The number of amides is 1. The molecular formula is C25H24FNO3S. The third-order valence-corrected chi connectivity index (χ3v) is 7.13. The van der Waals surface area contributed by atoms with E-state index in [0.29, 0.717) is 0 Å². The minimum absolute atomic E-state index is 0.0803. The number of hydrogen-bond donors (Lipinski definition) is 2. The van der Waals surface area contributed by atoms with Crippen LogP contribution in [0.2, 0.25) is 0 Å². The van der Waals surface area contributed by atoms with Crippen LogP contribution in [0.5, 0.6) is 0 Å². The highest BCUT2D eigenvalue weighted by Gasteiger charge is 2.27. The maximum absolute atomic E-state index is 13.3. The molecule has 0 spiro atoms. The molecule has 1 aliphatic rings. The van der Waals surface area contributed by atoms with Crippen molar-refractivity contribution in [3.63, 3.8) is 0 Å². The lowest BCUT2D eigenvalue weighted by Gasteiger charge is -2.16. The van der Waals surface area contributed by atoms with Gasteiger partial charge >= 0.3 is 5.97 Å². The lowest BCUT2D eigenvalue weighted by atomic mass is 10.0. The molecule has 6 heteroatoms. The number of nitrogens with one attached hydrogen (secondary N) is 1. The zero-order valence-corrected chi connectivity index (χ0v) is 18.1. The summed E-state index contributed by atoms with van der Waals surface area (Å²) in [7, 11) is 0. The minimum Gasteiger partial charge on any atom is -0.478 e. The van der Waals surface area contributed by atoms with Crippen LogP contribution in [0.4, 0.5) is 4.39 Å². The Bertz CT molecular complexity index is 1100. The summed E-state index contributed by atoms with van der Waals surface area (Å²) in [6.07, 6.45) is 4.52. The monoisotopic (exact) mass is 437 g/mol. The van der Waals surface area contributed by atoms with Gasteiger partial charge in [-0.1, -0.05) is 24.3 Å². The number of carboxylic acid groups (broad SMARTS) is 1. The molecule has 0 bridgehead atoms. The van der Waals surface area contributed by atoms with Crippen molar-refractivity contribution in [3.05, 3.63) is 91.9 Å². The van der Waals surface area contributed by atoms with Gasteiger partial charge in [0, 0.05) is 9.75 Å². The van der Waals surface area contributed by atoms with Crippen LogP contribution >= 0.6 is 11.3 Å². The van der Waals surface area contributed by atoms with Gasteiger partial charge in [0.2, 0.25) is 0 Å². The second-order valence-electron chi connectivity index (χ2n) is 7.90. The SMILES string of the molecule is C[C@H](NC(=O)c1c(CCc2ccc(F)cc2)sc2c1CCC2)c1ccc(C(=O)O)cc1. The highest BCUT2D eigenvalue weighted by Crippen LogP contribution is 2.36. The molecule has 4 nitrogen and oxygen atoms in total. The first-order chi connectivity index (χ1) is 14.9. The molecular weight excluding hydrogens is 413 g/mol. The third-order valence-electron chi connectivity index (χ3n) is 5.78. The molecule has 160 valence electrons. The van der Waals surface area contributed by atoms with Crippen LogP contribution in [-0.2, 0) is 25.7 Å². The van der Waals surface area contributed by atoms with E-state index in [1.807, 2.05) is 6.92 Å². The lowest BCUT2D eigenvalue weighted by molar-refractivity contribution is 0.0696. The Kier molecular flexibility index (Phi) is 6.18. The van der Waals surface area contributed by atoms with Crippen LogP contribution in [0.1, 0.15) is 66.5 Å². The Morgan fingerprint density at radius 2 is 1.77 bits per heavy atom. The van der Waals surface area contributed by atoms with Crippen molar-refractivity contribution in [2.45, 2.75) is 45.1 Å². The molecule has 1 aromatic heterocycles. The van der Waals surface area contributed by atoms with Crippen molar-refractivity contribution >= 4 is 23.2 Å². The second kappa shape index (κ2) is 9.02. The summed E-state index contributed by atoms with van der Waals surface area (Å²) in [4.78, 5) is 26.7. The summed E-state index contributed by atoms with van der Waals surface area (Å²) in [6, 6.07) is 12.9. The Morgan fingerprint density at radius 1 is 1.06 bits per heavy atom. The molecule has 4 rings (SSSR count). The van der Waals surface area contributed by atoms with E-state index < -0.39 is 5.97 Å². The van der Waals surface area contributed by atoms with Crippen LogP contribution in [0.25, 0.3) is 0 Å². The summed E-state index contributed by atoms with van der Waals surface area (Å²) < 4.78 is 13.2. The fourth-order valence-electron chi connectivity index (χ4n) is 4.08. The molecule has 1 amide bonds. The number of thiophene rings is 1. The zero-order chi connectivity index (χ0) is 22.0. The Morgan fingerprint density at radius 3 is 2.45 bits per heavy atom. The van der Waals surface area contributed by atoms with Crippen LogP contribution in [-0.4, -0.2) is 17.0 Å². The largest absolute Gasteiger partial charge is 0.478 e. The number of carbonyl (C=O) groups excluding carboxylic acids is 1. The highest BCUT2D eigenvalue weighted by molar-refractivity contribution is 7.12. The van der Waals surface area contributed by atoms with Gasteiger partial charge in [0.05, 0.1) is 17.2 Å². The summed E-state index contributed by atoms with van der Waals surface area (Å²) in [6.45, 7) is 1.90. The Hall–Kier alpha value is -2.99. The predicted molar refractivity (Wildman–Crippen MR) is 119 cm³/mol. The molecule has 31 heavy (non-hydrogen) atoms. The van der Waals surface area contributed by atoms with Crippen molar-refractivity contribution in [2.24, 2.45) is 0 Å². The normalized spacial score (nSPS) is 13.6. The number of fused-ring (bicyclic) bond motifs is 1. The number of carboxylic acids is 1. The van der Waals surface area contributed by atoms with Crippen molar-refractivity contribution in [1.29, 1.82) is 0 Å². The predicted octanol–water partition coefficient (Wildman–Crippen LogP) is 5.35. The first-order valence-corrected chi connectivity index (χ1v) is 11.3. The van der Waals surface area contributed by atoms with Gasteiger partial charge in [-0.3, -0.25) is 4.79 Å². The first kappa shape index (κ1) is 21.2. The summed E-state index contributed by atoms with van der Waals surface area (Å²) >= 11 is 1.73. The maximum Gasteiger partial charge on any atom is 0.335 e.